The highest BCUT2D eigenvalue weighted by molar-refractivity contribution is 7.89. The fraction of sp³-hybridized carbons (Fsp3) is 0.300. The predicted molar refractivity (Wildman–Crippen MR) is 66.6 cm³/mol. The number of carbonyl (C=O) groups is 1. The van der Waals surface area contributed by atoms with E-state index in [1.165, 1.54) is 19.2 Å². The van der Waals surface area contributed by atoms with Gasteiger partial charge in [-0.1, -0.05) is 17.7 Å². The van der Waals surface area contributed by atoms with E-state index in [4.69, 9.17) is 11.6 Å². The van der Waals surface area contributed by atoms with Gasteiger partial charge in [0.1, 0.15) is 5.82 Å². The third-order valence-corrected chi connectivity index (χ3v) is 3.84. The van der Waals surface area contributed by atoms with Crippen LogP contribution < -0.4 is 10.0 Å². The highest BCUT2D eigenvalue weighted by Crippen LogP contribution is 2.18. The second-order valence-electron chi connectivity index (χ2n) is 3.38. The summed E-state index contributed by atoms with van der Waals surface area (Å²) in [7, 11) is -2.14. The number of benzene rings is 1. The van der Waals surface area contributed by atoms with Crippen molar-refractivity contribution in [1.29, 1.82) is 0 Å². The monoisotopic (exact) mass is 294 g/mol. The lowest BCUT2D eigenvalue weighted by atomic mass is 10.2. The molecule has 0 radical (unpaired) electrons. The van der Waals surface area contributed by atoms with Crippen molar-refractivity contribution in [2.75, 3.05) is 19.3 Å². The predicted octanol–water partition coefficient (Wildman–Crippen LogP) is 0.758. The number of hydrogen-bond donors (Lipinski definition) is 2. The smallest absolute Gasteiger partial charge is 0.255 e. The molecule has 0 unspecified atom stereocenters. The van der Waals surface area contributed by atoms with Gasteiger partial charge in [-0.2, -0.15) is 0 Å². The van der Waals surface area contributed by atoms with E-state index in [1.807, 2.05) is 0 Å². The minimum Gasteiger partial charge on any atom is -0.351 e. The van der Waals surface area contributed by atoms with Crippen molar-refractivity contribution in [2.45, 2.75) is 0 Å². The molecule has 0 fully saturated rings. The van der Waals surface area contributed by atoms with Gasteiger partial charge in [0.05, 0.1) is 16.3 Å². The molecule has 1 rings (SSSR count). The highest BCUT2D eigenvalue weighted by Gasteiger charge is 2.16. The maximum Gasteiger partial charge on any atom is 0.255 e. The molecular weight excluding hydrogens is 283 g/mol. The van der Waals surface area contributed by atoms with E-state index in [9.17, 15) is 17.6 Å². The molecule has 0 heterocycles. The normalized spacial score (nSPS) is 11.3. The number of hydrogen-bond acceptors (Lipinski definition) is 3. The zero-order chi connectivity index (χ0) is 13.8. The summed E-state index contributed by atoms with van der Waals surface area (Å²) in [5.74, 6) is -1.79. The maximum absolute atomic E-state index is 13.4. The molecule has 0 aromatic heterocycles. The first kappa shape index (κ1) is 14.9. The summed E-state index contributed by atoms with van der Waals surface area (Å²) in [6.45, 7) is -0.132. The van der Waals surface area contributed by atoms with Crippen molar-refractivity contribution in [1.82, 2.24) is 10.0 Å². The first-order valence-corrected chi connectivity index (χ1v) is 7.04. The van der Waals surface area contributed by atoms with E-state index in [0.29, 0.717) is 0 Å². The molecule has 100 valence electrons. The van der Waals surface area contributed by atoms with E-state index in [-0.39, 0.29) is 22.9 Å². The van der Waals surface area contributed by atoms with Crippen LogP contribution in [0.1, 0.15) is 10.4 Å². The molecule has 0 aliphatic carbocycles. The Labute approximate surface area is 109 Å². The van der Waals surface area contributed by atoms with E-state index >= 15 is 0 Å². The summed E-state index contributed by atoms with van der Waals surface area (Å²) >= 11 is 5.69. The van der Waals surface area contributed by atoms with Crippen molar-refractivity contribution in [3.05, 3.63) is 34.6 Å². The van der Waals surface area contributed by atoms with Gasteiger partial charge >= 0.3 is 0 Å². The van der Waals surface area contributed by atoms with Gasteiger partial charge in [0.2, 0.25) is 10.0 Å². The number of nitrogens with one attached hydrogen (secondary N) is 2. The van der Waals surface area contributed by atoms with Crippen molar-refractivity contribution < 1.29 is 17.6 Å². The van der Waals surface area contributed by atoms with Crippen LogP contribution in [0.2, 0.25) is 5.02 Å². The molecule has 0 aliphatic rings. The molecule has 2 N–H and O–H groups in total. The molecular formula is C10H12ClFN2O3S. The van der Waals surface area contributed by atoms with E-state index in [1.54, 1.807) is 0 Å². The molecule has 5 nitrogen and oxygen atoms in total. The fourth-order valence-corrected chi connectivity index (χ4v) is 2.03. The molecule has 0 saturated heterocycles. The Hall–Kier alpha value is -1.18. The van der Waals surface area contributed by atoms with Crippen LogP contribution in [0.5, 0.6) is 0 Å². The molecule has 1 aromatic carbocycles. The third-order valence-electron chi connectivity index (χ3n) is 2.16. The molecule has 8 heteroatoms. The summed E-state index contributed by atoms with van der Waals surface area (Å²) in [6.07, 6.45) is 0. The lowest BCUT2D eigenvalue weighted by Gasteiger charge is -2.07. The molecule has 0 atom stereocenters. The fourth-order valence-electron chi connectivity index (χ4n) is 1.20. The van der Waals surface area contributed by atoms with Gasteiger partial charge in [-0.15, -0.1) is 0 Å². The van der Waals surface area contributed by atoms with E-state index < -0.39 is 21.7 Å². The van der Waals surface area contributed by atoms with Gasteiger partial charge in [0, 0.05) is 6.54 Å². The lowest BCUT2D eigenvalue weighted by Crippen LogP contribution is -2.33. The number of halogens is 2. The highest BCUT2D eigenvalue weighted by atomic mass is 35.5. The Bertz CT molecular complexity index is 528. The van der Waals surface area contributed by atoms with E-state index in [2.05, 4.69) is 10.0 Å². The Morgan fingerprint density at radius 2 is 2.11 bits per heavy atom. The van der Waals surface area contributed by atoms with Crippen LogP contribution in [-0.2, 0) is 10.0 Å². The lowest BCUT2D eigenvalue weighted by molar-refractivity contribution is 0.0952. The largest absolute Gasteiger partial charge is 0.351 e. The Balaban J connectivity index is 2.67. The summed E-state index contributed by atoms with van der Waals surface area (Å²) < 4.78 is 37.6. The van der Waals surface area contributed by atoms with Crippen LogP contribution in [0.3, 0.4) is 0 Å². The van der Waals surface area contributed by atoms with Crippen LogP contribution in [0.4, 0.5) is 4.39 Å². The zero-order valence-electron chi connectivity index (χ0n) is 9.54. The average Bonchev–Trinajstić information content (AvgIpc) is 2.28. The topological polar surface area (TPSA) is 75.3 Å². The number of rotatable bonds is 5. The minimum atomic E-state index is -3.41. The SMILES string of the molecule is CNS(=O)(=O)CCNC(=O)c1c(F)cccc1Cl. The third kappa shape index (κ3) is 3.94. The van der Waals surface area contributed by atoms with Crippen molar-refractivity contribution in [2.24, 2.45) is 0 Å². The maximum atomic E-state index is 13.4. The Kier molecular flexibility index (Phi) is 5.06. The van der Waals surface area contributed by atoms with Crippen LogP contribution >= 0.6 is 11.6 Å². The van der Waals surface area contributed by atoms with Gasteiger partial charge < -0.3 is 5.32 Å². The van der Waals surface area contributed by atoms with E-state index in [0.717, 1.165) is 6.07 Å². The molecule has 0 spiro atoms. The zero-order valence-corrected chi connectivity index (χ0v) is 11.1. The Morgan fingerprint density at radius 3 is 2.67 bits per heavy atom. The molecule has 0 bridgehead atoms. The van der Waals surface area contributed by atoms with Crippen LogP contribution in [-0.4, -0.2) is 33.7 Å². The standard InChI is InChI=1S/C10H12ClFN2O3S/c1-13-18(16,17)6-5-14-10(15)9-7(11)3-2-4-8(9)12/h2-4,13H,5-6H2,1H3,(H,14,15). The molecule has 0 saturated carbocycles. The van der Waals surface area contributed by atoms with Crippen LogP contribution in [0.15, 0.2) is 18.2 Å². The number of amides is 1. The van der Waals surface area contributed by atoms with Crippen LogP contribution in [0.25, 0.3) is 0 Å². The molecule has 18 heavy (non-hydrogen) atoms. The average molecular weight is 295 g/mol. The Morgan fingerprint density at radius 1 is 1.44 bits per heavy atom. The van der Waals surface area contributed by atoms with Gasteiger partial charge in [-0.25, -0.2) is 17.5 Å². The van der Waals surface area contributed by atoms with Crippen molar-refractivity contribution >= 4 is 27.5 Å². The molecule has 1 amide bonds. The summed E-state index contributed by atoms with van der Waals surface area (Å²) in [4.78, 5) is 11.6. The van der Waals surface area contributed by atoms with Gasteiger partial charge in [-0.05, 0) is 19.2 Å². The summed E-state index contributed by atoms with van der Waals surface area (Å²) in [6, 6.07) is 3.86. The second kappa shape index (κ2) is 6.12. The molecule has 1 aromatic rings. The quantitative estimate of drug-likeness (QED) is 0.842. The summed E-state index contributed by atoms with van der Waals surface area (Å²) in [5.41, 5.74) is -0.291. The summed E-state index contributed by atoms with van der Waals surface area (Å²) in [5, 5.41) is 2.26. The van der Waals surface area contributed by atoms with Crippen molar-refractivity contribution in [3.63, 3.8) is 0 Å². The number of sulfonamides is 1. The first-order chi connectivity index (χ1) is 8.37. The minimum absolute atomic E-state index is 0.0241. The second-order valence-corrected chi connectivity index (χ2v) is 5.83. The first-order valence-electron chi connectivity index (χ1n) is 5.01. The van der Waals surface area contributed by atoms with Gasteiger partial charge in [0.25, 0.3) is 5.91 Å². The molecule has 0 aliphatic heterocycles. The van der Waals surface area contributed by atoms with Gasteiger partial charge in [0.15, 0.2) is 0 Å². The van der Waals surface area contributed by atoms with Crippen molar-refractivity contribution in [3.8, 4) is 0 Å². The number of carbonyl (C=O) groups excluding carboxylic acids is 1. The van der Waals surface area contributed by atoms with Gasteiger partial charge in [-0.3, -0.25) is 4.79 Å². The van der Waals surface area contributed by atoms with Crippen LogP contribution in [0, 0.1) is 5.82 Å².